The number of rotatable bonds is 5. The highest BCUT2D eigenvalue weighted by atomic mass is 19.4. The Kier molecular flexibility index (Phi) is 5.98. The number of alkyl halides is 3. The van der Waals surface area contributed by atoms with Crippen molar-refractivity contribution in [1.82, 2.24) is 5.32 Å². The average Bonchev–Trinajstić information content (AvgIpc) is 2.64. The normalized spacial score (nSPS) is 17.4. The lowest BCUT2D eigenvalue weighted by Crippen LogP contribution is -2.43. The molecular formula is C19H19F3N2O3. The number of ether oxygens (including phenoxy) is 2. The number of hydrogen-bond acceptors (Lipinski definition) is 4. The van der Waals surface area contributed by atoms with Crippen LogP contribution in [0.25, 0.3) is 0 Å². The molecule has 0 aromatic heterocycles. The summed E-state index contributed by atoms with van der Waals surface area (Å²) < 4.78 is 49.0. The summed E-state index contributed by atoms with van der Waals surface area (Å²) in [4.78, 5) is 12.0. The number of amides is 1. The van der Waals surface area contributed by atoms with Gasteiger partial charge in [-0.05, 0) is 42.5 Å². The summed E-state index contributed by atoms with van der Waals surface area (Å²) in [7, 11) is 0. The molecule has 1 heterocycles. The van der Waals surface area contributed by atoms with Crippen molar-refractivity contribution in [1.29, 1.82) is 0 Å². The predicted octanol–water partition coefficient (Wildman–Crippen LogP) is 3.81. The zero-order valence-electron chi connectivity index (χ0n) is 14.4. The molecule has 2 aromatic carbocycles. The first-order valence-electron chi connectivity index (χ1n) is 8.46. The van der Waals surface area contributed by atoms with Gasteiger partial charge >= 0.3 is 6.18 Å². The van der Waals surface area contributed by atoms with Gasteiger partial charge in [0, 0.05) is 24.7 Å². The summed E-state index contributed by atoms with van der Waals surface area (Å²) >= 11 is 0. The number of halogens is 3. The standard InChI is InChI=1S/C19H19F3N2O3/c20-19(21,22)13-2-1-3-17(10-13)27-16-6-4-14(5-7-16)24-18(25)11-15-12-26-9-8-23-15/h1-7,10,15,23H,8-9,11-12H2,(H,24,25). The fourth-order valence-electron chi connectivity index (χ4n) is 2.66. The Morgan fingerprint density at radius 1 is 1.19 bits per heavy atom. The smallest absolute Gasteiger partial charge is 0.416 e. The van der Waals surface area contributed by atoms with Gasteiger partial charge in [-0.25, -0.2) is 0 Å². The van der Waals surface area contributed by atoms with Gasteiger partial charge < -0.3 is 20.1 Å². The largest absolute Gasteiger partial charge is 0.457 e. The first kappa shape index (κ1) is 19.2. The Morgan fingerprint density at radius 3 is 2.63 bits per heavy atom. The second kappa shape index (κ2) is 8.41. The molecule has 0 radical (unpaired) electrons. The summed E-state index contributed by atoms with van der Waals surface area (Å²) in [6.07, 6.45) is -4.13. The van der Waals surface area contributed by atoms with E-state index in [1.165, 1.54) is 12.1 Å². The third kappa shape index (κ3) is 5.70. The quantitative estimate of drug-likeness (QED) is 0.828. The highest BCUT2D eigenvalue weighted by Crippen LogP contribution is 2.32. The Morgan fingerprint density at radius 2 is 1.96 bits per heavy atom. The molecule has 1 aliphatic rings. The average molecular weight is 380 g/mol. The number of nitrogens with one attached hydrogen (secondary N) is 2. The number of benzene rings is 2. The molecule has 2 N–H and O–H groups in total. The van der Waals surface area contributed by atoms with E-state index in [-0.39, 0.29) is 17.7 Å². The second-order valence-electron chi connectivity index (χ2n) is 6.13. The maximum atomic E-state index is 12.7. The molecule has 3 rings (SSSR count). The molecule has 0 spiro atoms. The van der Waals surface area contributed by atoms with Crippen LogP contribution in [0.1, 0.15) is 12.0 Å². The van der Waals surface area contributed by atoms with Crippen molar-refractivity contribution in [2.45, 2.75) is 18.6 Å². The predicted molar refractivity (Wildman–Crippen MR) is 93.8 cm³/mol. The van der Waals surface area contributed by atoms with E-state index in [2.05, 4.69) is 10.6 Å². The van der Waals surface area contributed by atoms with Gasteiger partial charge in [0.2, 0.25) is 5.91 Å². The van der Waals surface area contributed by atoms with Gasteiger partial charge in [-0.2, -0.15) is 13.2 Å². The molecule has 1 aliphatic heterocycles. The van der Waals surface area contributed by atoms with Gasteiger partial charge in [0.05, 0.1) is 18.8 Å². The molecule has 1 amide bonds. The summed E-state index contributed by atoms with van der Waals surface area (Å²) in [6.45, 7) is 1.86. The van der Waals surface area contributed by atoms with Crippen LogP contribution in [0.3, 0.4) is 0 Å². The van der Waals surface area contributed by atoms with Crippen LogP contribution >= 0.6 is 0 Å². The lowest BCUT2D eigenvalue weighted by molar-refractivity contribution is -0.137. The number of carbonyl (C=O) groups excluding carboxylic acids is 1. The Labute approximate surface area is 154 Å². The maximum Gasteiger partial charge on any atom is 0.416 e. The van der Waals surface area contributed by atoms with Crippen LogP contribution in [-0.2, 0) is 15.7 Å². The maximum absolute atomic E-state index is 12.7. The van der Waals surface area contributed by atoms with Gasteiger partial charge in [-0.15, -0.1) is 0 Å². The van der Waals surface area contributed by atoms with E-state index in [9.17, 15) is 18.0 Å². The monoisotopic (exact) mass is 380 g/mol. The van der Waals surface area contributed by atoms with Crippen molar-refractivity contribution in [3.63, 3.8) is 0 Å². The Hall–Kier alpha value is -2.58. The Balaban J connectivity index is 1.56. The van der Waals surface area contributed by atoms with Gasteiger partial charge in [0.1, 0.15) is 11.5 Å². The van der Waals surface area contributed by atoms with Crippen molar-refractivity contribution in [2.75, 3.05) is 25.1 Å². The third-order valence-corrected chi connectivity index (χ3v) is 3.97. The number of hydrogen-bond donors (Lipinski definition) is 2. The minimum atomic E-state index is -4.42. The fourth-order valence-corrected chi connectivity index (χ4v) is 2.66. The summed E-state index contributed by atoms with van der Waals surface area (Å²) in [6, 6.07) is 11.1. The SMILES string of the molecule is O=C(CC1COCCN1)Nc1ccc(Oc2cccc(C(F)(F)F)c2)cc1. The van der Waals surface area contributed by atoms with Crippen molar-refractivity contribution in [3.8, 4) is 11.5 Å². The van der Waals surface area contributed by atoms with Gasteiger partial charge in [0.15, 0.2) is 0 Å². The van der Waals surface area contributed by atoms with Crippen LogP contribution in [0.4, 0.5) is 18.9 Å². The van der Waals surface area contributed by atoms with E-state index in [1.54, 1.807) is 24.3 Å². The van der Waals surface area contributed by atoms with Crippen LogP contribution in [0.15, 0.2) is 48.5 Å². The zero-order chi connectivity index (χ0) is 19.3. The van der Waals surface area contributed by atoms with E-state index in [4.69, 9.17) is 9.47 Å². The first-order valence-corrected chi connectivity index (χ1v) is 8.46. The molecule has 1 atom stereocenters. The number of carbonyl (C=O) groups is 1. The molecule has 0 aliphatic carbocycles. The van der Waals surface area contributed by atoms with Crippen molar-refractivity contribution < 1.29 is 27.4 Å². The van der Waals surface area contributed by atoms with E-state index < -0.39 is 11.7 Å². The van der Waals surface area contributed by atoms with Crippen LogP contribution < -0.4 is 15.4 Å². The second-order valence-corrected chi connectivity index (χ2v) is 6.13. The van der Waals surface area contributed by atoms with Crippen LogP contribution in [0.5, 0.6) is 11.5 Å². The van der Waals surface area contributed by atoms with Crippen LogP contribution in [0.2, 0.25) is 0 Å². The van der Waals surface area contributed by atoms with E-state index in [0.717, 1.165) is 18.7 Å². The minimum Gasteiger partial charge on any atom is -0.457 e. The summed E-state index contributed by atoms with van der Waals surface area (Å²) in [5.41, 5.74) is -0.197. The van der Waals surface area contributed by atoms with Gasteiger partial charge in [-0.1, -0.05) is 6.07 Å². The molecule has 1 unspecified atom stereocenters. The highest BCUT2D eigenvalue weighted by molar-refractivity contribution is 5.91. The van der Waals surface area contributed by atoms with Gasteiger partial charge in [-0.3, -0.25) is 4.79 Å². The molecule has 2 aromatic rings. The molecule has 27 heavy (non-hydrogen) atoms. The topological polar surface area (TPSA) is 59.6 Å². The fraction of sp³-hybridized carbons (Fsp3) is 0.316. The van der Waals surface area contributed by atoms with Crippen molar-refractivity contribution in [2.24, 2.45) is 0 Å². The molecule has 144 valence electrons. The minimum absolute atomic E-state index is 0.0118. The molecule has 1 saturated heterocycles. The molecule has 5 nitrogen and oxygen atoms in total. The molecule has 0 bridgehead atoms. The van der Waals surface area contributed by atoms with Crippen LogP contribution in [-0.4, -0.2) is 31.7 Å². The molecule has 8 heteroatoms. The van der Waals surface area contributed by atoms with E-state index in [1.807, 2.05) is 0 Å². The van der Waals surface area contributed by atoms with Crippen LogP contribution in [0, 0.1) is 0 Å². The lowest BCUT2D eigenvalue weighted by atomic mass is 10.2. The molecule has 0 saturated carbocycles. The number of anilines is 1. The first-order chi connectivity index (χ1) is 12.9. The number of morpholine rings is 1. The Bertz CT molecular complexity index is 773. The van der Waals surface area contributed by atoms with Gasteiger partial charge in [0.25, 0.3) is 0 Å². The van der Waals surface area contributed by atoms with Crippen molar-refractivity contribution >= 4 is 11.6 Å². The lowest BCUT2D eigenvalue weighted by Gasteiger charge is -2.23. The molecular weight excluding hydrogens is 361 g/mol. The summed E-state index contributed by atoms with van der Waals surface area (Å²) in [5.74, 6) is 0.309. The highest BCUT2D eigenvalue weighted by Gasteiger charge is 2.30. The zero-order valence-corrected chi connectivity index (χ0v) is 14.4. The van der Waals surface area contributed by atoms with E-state index in [0.29, 0.717) is 31.1 Å². The van der Waals surface area contributed by atoms with Crippen molar-refractivity contribution in [3.05, 3.63) is 54.1 Å². The third-order valence-electron chi connectivity index (χ3n) is 3.97. The van der Waals surface area contributed by atoms with E-state index >= 15 is 0 Å². The molecule has 1 fully saturated rings. The summed E-state index contributed by atoms with van der Waals surface area (Å²) in [5, 5.41) is 5.97.